The van der Waals surface area contributed by atoms with Gasteiger partial charge in [0.25, 0.3) is 0 Å². The number of rotatable bonds is 3. The molecule has 0 spiro atoms. The zero-order valence-electron chi connectivity index (χ0n) is 9.50. The summed E-state index contributed by atoms with van der Waals surface area (Å²) in [5, 5.41) is 10.2. The van der Waals surface area contributed by atoms with Gasteiger partial charge in [0.05, 0.1) is 8.68 Å². The Hall–Kier alpha value is -0.690. The van der Waals surface area contributed by atoms with Crippen molar-refractivity contribution in [3.8, 4) is 0 Å². The van der Waals surface area contributed by atoms with Crippen LogP contribution in [0.2, 0.25) is 0 Å². The number of aliphatic hydroxyl groups excluding tert-OH is 1. The Kier molecular flexibility index (Phi) is 3.91. The van der Waals surface area contributed by atoms with E-state index in [1.165, 1.54) is 23.5 Å². The van der Waals surface area contributed by atoms with Gasteiger partial charge in [-0.2, -0.15) is 0 Å². The van der Waals surface area contributed by atoms with E-state index in [9.17, 15) is 13.5 Å². The van der Waals surface area contributed by atoms with Crippen LogP contribution in [0.3, 0.4) is 0 Å². The first kappa shape index (κ1) is 13.7. The summed E-state index contributed by atoms with van der Waals surface area (Å²) in [6, 6.07) is 10.0. The Labute approximate surface area is 118 Å². The third-order valence-electron chi connectivity index (χ3n) is 2.47. The van der Waals surface area contributed by atoms with Gasteiger partial charge in [-0.3, -0.25) is 0 Å². The molecule has 0 aliphatic carbocycles. The minimum Gasteiger partial charge on any atom is -0.383 e. The van der Waals surface area contributed by atoms with Gasteiger partial charge in [0.15, 0.2) is 9.84 Å². The number of halogens is 1. The highest BCUT2D eigenvalue weighted by molar-refractivity contribution is 9.11. The minimum absolute atomic E-state index is 0.217. The van der Waals surface area contributed by atoms with Crippen molar-refractivity contribution in [3.05, 3.63) is 50.6 Å². The summed E-state index contributed by atoms with van der Waals surface area (Å²) >= 11 is 4.75. The van der Waals surface area contributed by atoms with Crippen molar-refractivity contribution in [1.29, 1.82) is 0 Å². The summed E-state index contributed by atoms with van der Waals surface area (Å²) in [5.41, 5.74) is 0.576. The zero-order chi connectivity index (χ0) is 13.3. The fourth-order valence-electron chi connectivity index (χ4n) is 1.55. The summed E-state index contributed by atoms with van der Waals surface area (Å²) < 4.78 is 23.9. The van der Waals surface area contributed by atoms with Gasteiger partial charge >= 0.3 is 0 Å². The number of benzene rings is 1. The van der Waals surface area contributed by atoms with Gasteiger partial charge in [0, 0.05) is 11.1 Å². The maximum Gasteiger partial charge on any atom is 0.175 e. The maximum atomic E-state index is 11.5. The fourth-order valence-corrected chi connectivity index (χ4v) is 3.67. The highest BCUT2D eigenvalue weighted by Gasteiger charge is 2.15. The second-order valence-electron chi connectivity index (χ2n) is 3.89. The summed E-state index contributed by atoms with van der Waals surface area (Å²) in [6.07, 6.45) is 0.350. The molecule has 1 N–H and O–H groups in total. The van der Waals surface area contributed by atoms with Crippen molar-refractivity contribution >= 4 is 37.1 Å². The number of sulfone groups is 1. The molecule has 3 nitrogen and oxygen atoms in total. The normalized spacial score (nSPS) is 13.5. The molecule has 96 valence electrons. The van der Waals surface area contributed by atoms with Gasteiger partial charge in [0.2, 0.25) is 0 Å². The molecule has 0 amide bonds. The second kappa shape index (κ2) is 5.13. The van der Waals surface area contributed by atoms with Gasteiger partial charge in [-0.05, 0) is 45.8 Å². The van der Waals surface area contributed by atoms with Crippen LogP contribution in [0.5, 0.6) is 0 Å². The average Bonchev–Trinajstić information content (AvgIpc) is 2.74. The average molecular weight is 347 g/mol. The quantitative estimate of drug-likeness (QED) is 0.929. The molecule has 6 heteroatoms. The van der Waals surface area contributed by atoms with Crippen LogP contribution < -0.4 is 0 Å². The lowest BCUT2D eigenvalue weighted by molar-refractivity contribution is 0.224. The first-order valence-electron chi connectivity index (χ1n) is 5.11. The SMILES string of the molecule is CS(=O)(=O)c1cccc(C(O)c2ccc(Br)s2)c1. The molecule has 1 aromatic carbocycles. The molecule has 18 heavy (non-hydrogen) atoms. The molecular formula is C12H11BrO3S2. The van der Waals surface area contributed by atoms with Crippen LogP contribution >= 0.6 is 27.3 Å². The lowest BCUT2D eigenvalue weighted by Crippen LogP contribution is -2.01. The Bertz CT molecular complexity index is 661. The molecule has 0 radical (unpaired) electrons. The van der Waals surface area contributed by atoms with Crippen molar-refractivity contribution in [2.24, 2.45) is 0 Å². The third-order valence-corrected chi connectivity index (χ3v) is 5.25. The molecule has 0 aliphatic rings. The van der Waals surface area contributed by atoms with Gasteiger partial charge in [-0.25, -0.2) is 8.42 Å². The van der Waals surface area contributed by atoms with Crippen LogP contribution in [0, 0.1) is 0 Å². The van der Waals surface area contributed by atoms with Crippen LogP contribution in [0.25, 0.3) is 0 Å². The van der Waals surface area contributed by atoms with Gasteiger partial charge < -0.3 is 5.11 Å². The van der Waals surface area contributed by atoms with E-state index in [1.54, 1.807) is 12.1 Å². The summed E-state index contributed by atoms with van der Waals surface area (Å²) in [5.74, 6) is 0. The largest absolute Gasteiger partial charge is 0.383 e. The van der Waals surface area contributed by atoms with Crippen molar-refractivity contribution in [2.75, 3.05) is 6.26 Å². The molecule has 1 unspecified atom stereocenters. The van der Waals surface area contributed by atoms with Crippen LogP contribution in [0.15, 0.2) is 45.1 Å². The van der Waals surface area contributed by atoms with Crippen molar-refractivity contribution < 1.29 is 13.5 Å². The molecule has 0 aliphatic heterocycles. The Morgan fingerprint density at radius 1 is 1.28 bits per heavy atom. The van der Waals surface area contributed by atoms with Crippen molar-refractivity contribution in [3.63, 3.8) is 0 Å². The van der Waals surface area contributed by atoms with Gasteiger partial charge in [-0.1, -0.05) is 12.1 Å². The Morgan fingerprint density at radius 2 is 2.00 bits per heavy atom. The Balaban J connectivity index is 2.40. The monoisotopic (exact) mass is 346 g/mol. The van der Waals surface area contributed by atoms with E-state index in [0.717, 1.165) is 14.9 Å². The second-order valence-corrected chi connectivity index (χ2v) is 8.40. The predicted octanol–water partition coefficient (Wildman–Crippen LogP) is 3.00. The molecule has 2 aromatic rings. The van der Waals surface area contributed by atoms with Crippen molar-refractivity contribution in [1.82, 2.24) is 0 Å². The van der Waals surface area contributed by atoms with E-state index in [0.29, 0.717) is 5.56 Å². The summed E-state index contributed by atoms with van der Waals surface area (Å²) in [7, 11) is -3.25. The molecule has 1 atom stereocenters. The smallest absolute Gasteiger partial charge is 0.175 e. The minimum atomic E-state index is -3.25. The molecule has 1 aromatic heterocycles. The lowest BCUT2D eigenvalue weighted by atomic mass is 10.1. The van der Waals surface area contributed by atoms with Gasteiger partial charge in [-0.15, -0.1) is 11.3 Å². The highest BCUT2D eigenvalue weighted by atomic mass is 79.9. The summed E-state index contributed by atoms with van der Waals surface area (Å²) in [6.45, 7) is 0. The molecule has 0 bridgehead atoms. The van der Waals surface area contributed by atoms with Crippen molar-refractivity contribution in [2.45, 2.75) is 11.0 Å². The molecular weight excluding hydrogens is 336 g/mol. The van der Waals surface area contributed by atoms with Gasteiger partial charge in [0.1, 0.15) is 6.10 Å². The first-order valence-corrected chi connectivity index (χ1v) is 8.61. The topological polar surface area (TPSA) is 54.4 Å². The molecule has 0 saturated heterocycles. The predicted molar refractivity (Wildman–Crippen MR) is 75.6 cm³/mol. The lowest BCUT2D eigenvalue weighted by Gasteiger charge is -2.10. The van der Waals surface area contributed by atoms with E-state index in [-0.39, 0.29) is 4.90 Å². The Morgan fingerprint density at radius 3 is 2.56 bits per heavy atom. The standard InChI is InChI=1S/C12H11BrO3S2/c1-18(15,16)9-4-2-3-8(7-9)12(14)10-5-6-11(13)17-10/h2-7,12,14H,1H3. The van der Waals surface area contributed by atoms with E-state index in [1.807, 2.05) is 12.1 Å². The first-order chi connectivity index (χ1) is 8.38. The maximum absolute atomic E-state index is 11.5. The number of thiophene rings is 1. The number of aliphatic hydroxyl groups is 1. The molecule has 1 heterocycles. The van der Waals surface area contributed by atoms with Crippen LogP contribution in [0.4, 0.5) is 0 Å². The van der Waals surface area contributed by atoms with E-state index >= 15 is 0 Å². The zero-order valence-corrected chi connectivity index (χ0v) is 12.7. The molecule has 0 saturated carbocycles. The molecule has 2 rings (SSSR count). The van der Waals surface area contributed by atoms with Crippen LogP contribution in [-0.2, 0) is 9.84 Å². The fraction of sp³-hybridized carbons (Fsp3) is 0.167. The summed E-state index contributed by atoms with van der Waals surface area (Å²) in [4.78, 5) is 0.988. The number of hydrogen-bond acceptors (Lipinski definition) is 4. The van der Waals surface area contributed by atoms with E-state index < -0.39 is 15.9 Å². The van der Waals surface area contributed by atoms with E-state index in [4.69, 9.17) is 0 Å². The third kappa shape index (κ3) is 3.00. The molecule has 0 fully saturated rings. The van der Waals surface area contributed by atoms with E-state index in [2.05, 4.69) is 15.9 Å². The highest BCUT2D eigenvalue weighted by Crippen LogP contribution is 2.31. The van der Waals surface area contributed by atoms with Crippen LogP contribution in [0.1, 0.15) is 16.5 Å². The van der Waals surface area contributed by atoms with Crippen LogP contribution in [-0.4, -0.2) is 19.8 Å². The number of hydrogen-bond donors (Lipinski definition) is 1.